The Morgan fingerprint density at radius 2 is 2.11 bits per heavy atom. The summed E-state index contributed by atoms with van der Waals surface area (Å²) in [6, 6.07) is 8.77. The summed E-state index contributed by atoms with van der Waals surface area (Å²) < 4.78 is 5.85. The molecule has 2 aromatic rings. The lowest BCUT2D eigenvalue weighted by atomic mass is 9.89. The van der Waals surface area contributed by atoms with Crippen molar-refractivity contribution in [2.24, 2.45) is 11.8 Å². The Balaban J connectivity index is 1.62. The number of nitrogens with zero attached hydrogens (tertiary/aromatic N) is 2. The molecule has 0 radical (unpaired) electrons. The molecule has 2 aliphatic heterocycles. The lowest BCUT2D eigenvalue weighted by Crippen LogP contribution is -2.40. The van der Waals surface area contributed by atoms with Gasteiger partial charge in [-0.1, -0.05) is 12.1 Å². The van der Waals surface area contributed by atoms with E-state index in [9.17, 15) is 0 Å². The number of rotatable bonds is 1. The highest BCUT2D eigenvalue weighted by Gasteiger charge is 2.34. The van der Waals surface area contributed by atoms with Crippen molar-refractivity contribution in [3.8, 4) is 0 Å². The molecule has 18 heavy (non-hydrogen) atoms. The summed E-state index contributed by atoms with van der Waals surface area (Å²) in [5.41, 5.74) is 1.85. The van der Waals surface area contributed by atoms with Gasteiger partial charge in [0.25, 0.3) is 6.01 Å². The van der Waals surface area contributed by atoms with Gasteiger partial charge in [-0.2, -0.15) is 4.98 Å². The summed E-state index contributed by atoms with van der Waals surface area (Å²) in [6.07, 6.45) is 1.25. The number of fused-ring (bicyclic) bond motifs is 2. The van der Waals surface area contributed by atoms with Gasteiger partial charge in [-0.05, 0) is 43.5 Å². The Morgan fingerprint density at radius 1 is 1.22 bits per heavy atom. The first-order chi connectivity index (χ1) is 8.90. The van der Waals surface area contributed by atoms with Crippen LogP contribution in [0.15, 0.2) is 28.7 Å². The lowest BCUT2D eigenvalue weighted by Gasteiger charge is -2.33. The van der Waals surface area contributed by atoms with E-state index in [1.807, 2.05) is 24.3 Å². The Morgan fingerprint density at radius 3 is 3.06 bits per heavy atom. The zero-order valence-corrected chi connectivity index (χ0v) is 10.3. The normalized spacial score (nSPS) is 27.7. The van der Waals surface area contributed by atoms with Crippen LogP contribution in [0.25, 0.3) is 11.1 Å². The molecule has 2 atom stereocenters. The number of nitrogens with one attached hydrogen (secondary N) is 1. The molecule has 0 spiro atoms. The van der Waals surface area contributed by atoms with E-state index in [-0.39, 0.29) is 0 Å². The number of aromatic nitrogens is 1. The second-order valence-electron chi connectivity index (χ2n) is 5.38. The Hall–Kier alpha value is -1.55. The standard InChI is InChI=1S/C14H17N3O/c1-2-4-13-12(3-1)16-14(18-13)17-6-5-10-7-15-8-11(10)9-17/h1-4,10-11,15H,5-9H2. The fourth-order valence-corrected chi connectivity index (χ4v) is 3.20. The van der Waals surface area contributed by atoms with Crippen molar-refractivity contribution in [2.75, 3.05) is 31.1 Å². The number of hydrogen-bond donors (Lipinski definition) is 1. The fraction of sp³-hybridized carbons (Fsp3) is 0.500. The van der Waals surface area contributed by atoms with E-state index >= 15 is 0 Å². The largest absolute Gasteiger partial charge is 0.423 e. The van der Waals surface area contributed by atoms with Gasteiger partial charge in [-0.15, -0.1) is 0 Å². The highest BCUT2D eigenvalue weighted by atomic mass is 16.4. The smallest absolute Gasteiger partial charge is 0.298 e. The summed E-state index contributed by atoms with van der Waals surface area (Å²) in [5, 5.41) is 3.49. The van der Waals surface area contributed by atoms with Gasteiger partial charge in [0.2, 0.25) is 0 Å². The molecule has 2 unspecified atom stereocenters. The van der Waals surface area contributed by atoms with Crippen LogP contribution in [0, 0.1) is 11.8 Å². The highest BCUT2D eigenvalue weighted by molar-refractivity contribution is 5.74. The van der Waals surface area contributed by atoms with Crippen molar-refractivity contribution in [3.63, 3.8) is 0 Å². The predicted molar refractivity (Wildman–Crippen MR) is 70.7 cm³/mol. The zero-order valence-electron chi connectivity index (χ0n) is 10.3. The van der Waals surface area contributed by atoms with Crippen LogP contribution in [-0.4, -0.2) is 31.2 Å². The average Bonchev–Trinajstić information content (AvgIpc) is 3.04. The van der Waals surface area contributed by atoms with Gasteiger partial charge < -0.3 is 14.6 Å². The van der Waals surface area contributed by atoms with Crippen molar-refractivity contribution < 1.29 is 4.42 Å². The molecule has 0 bridgehead atoms. The molecule has 3 heterocycles. The first kappa shape index (κ1) is 10.4. The van der Waals surface area contributed by atoms with Crippen molar-refractivity contribution in [1.29, 1.82) is 0 Å². The summed E-state index contributed by atoms with van der Waals surface area (Å²) in [6.45, 7) is 4.47. The third-order valence-electron chi connectivity index (χ3n) is 4.26. The fourth-order valence-electron chi connectivity index (χ4n) is 3.20. The Labute approximate surface area is 106 Å². The van der Waals surface area contributed by atoms with E-state index < -0.39 is 0 Å². The molecule has 0 saturated carbocycles. The molecule has 2 saturated heterocycles. The van der Waals surface area contributed by atoms with Gasteiger partial charge in [0.15, 0.2) is 5.58 Å². The van der Waals surface area contributed by atoms with Gasteiger partial charge in [0, 0.05) is 13.1 Å². The second kappa shape index (κ2) is 3.99. The molecule has 4 heteroatoms. The van der Waals surface area contributed by atoms with Crippen molar-refractivity contribution in [3.05, 3.63) is 24.3 Å². The van der Waals surface area contributed by atoms with Crippen LogP contribution in [0.4, 0.5) is 6.01 Å². The third-order valence-corrected chi connectivity index (χ3v) is 4.26. The number of para-hydroxylation sites is 2. The second-order valence-corrected chi connectivity index (χ2v) is 5.38. The van der Waals surface area contributed by atoms with Crippen molar-refractivity contribution in [2.45, 2.75) is 6.42 Å². The molecule has 94 valence electrons. The van der Waals surface area contributed by atoms with Crippen LogP contribution < -0.4 is 10.2 Å². The van der Waals surface area contributed by atoms with Crippen LogP contribution in [0.3, 0.4) is 0 Å². The Bertz CT molecular complexity index is 532. The lowest BCUT2D eigenvalue weighted by molar-refractivity contribution is 0.337. The van der Waals surface area contributed by atoms with Gasteiger partial charge in [0.05, 0.1) is 0 Å². The molecule has 2 fully saturated rings. The Kier molecular flexibility index (Phi) is 2.30. The first-order valence-corrected chi connectivity index (χ1v) is 6.71. The van der Waals surface area contributed by atoms with Crippen molar-refractivity contribution in [1.82, 2.24) is 10.3 Å². The molecular formula is C14H17N3O. The molecule has 4 rings (SSSR count). The first-order valence-electron chi connectivity index (χ1n) is 6.71. The maximum Gasteiger partial charge on any atom is 0.298 e. The van der Waals surface area contributed by atoms with Crippen LogP contribution in [0.5, 0.6) is 0 Å². The van der Waals surface area contributed by atoms with Crippen LogP contribution in [0.2, 0.25) is 0 Å². The zero-order chi connectivity index (χ0) is 11.9. The van der Waals surface area contributed by atoms with E-state index in [4.69, 9.17) is 4.42 Å². The molecule has 1 aromatic carbocycles. The molecule has 2 aliphatic rings. The number of benzene rings is 1. The molecular weight excluding hydrogens is 226 g/mol. The summed E-state index contributed by atoms with van der Waals surface area (Å²) in [5.74, 6) is 1.61. The molecule has 1 N–H and O–H groups in total. The monoisotopic (exact) mass is 243 g/mol. The van der Waals surface area contributed by atoms with E-state index in [1.54, 1.807) is 0 Å². The number of oxazole rings is 1. The predicted octanol–water partition coefficient (Wildman–Crippen LogP) is 1.87. The van der Waals surface area contributed by atoms with E-state index in [2.05, 4.69) is 15.2 Å². The molecule has 0 amide bonds. The van der Waals surface area contributed by atoms with Gasteiger partial charge >= 0.3 is 0 Å². The van der Waals surface area contributed by atoms with E-state index in [0.717, 1.165) is 48.6 Å². The van der Waals surface area contributed by atoms with Crippen molar-refractivity contribution >= 4 is 17.1 Å². The summed E-state index contributed by atoms with van der Waals surface area (Å²) in [7, 11) is 0. The van der Waals surface area contributed by atoms with Gasteiger partial charge in [-0.3, -0.25) is 0 Å². The number of hydrogen-bond acceptors (Lipinski definition) is 4. The topological polar surface area (TPSA) is 41.3 Å². The third kappa shape index (κ3) is 1.60. The molecule has 0 aliphatic carbocycles. The maximum atomic E-state index is 5.85. The molecule has 1 aromatic heterocycles. The number of piperidine rings is 1. The minimum Gasteiger partial charge on any atom is -0.423 e. The van der Waals surface area contributed by atoms with Crippen LogP contribution in [-0.2, 0) is 0 Å². The number of anilines is 1. The summed E-state index contributed by atoms with van der Waals surface area (Å²) >= 11 is 0. The summed E-state index contributed by atoms with van der Waals surface area (Å²) in [4.78, 5) is 6.89. The van der Waals surface area contributed by atoms with Gasteiger partial charge in [-0.25, -0.2) is 0 Å². The average molecular weight is 243 g/mol. The minimum atomic E-state index is 0.758. The van der Waals surface area contributed by atoms with E-state index in [0.29, 0.717) is 0 Å². The van der Waals surface area contributed by atoms with E-state index in [1.165, 1.54) is 13.0 Å². The maximum absolute atomic E-state index is 5.85. The molecule has 4 nitrogen and oxygen atoms in total. The minimum absolute atomic E-state index is 0.758. The van der Waals surface area contributed by atoms with Crippen LogP contribution in [0.1, 0.15) is 6.42 Å². The quantitative estimate of drug-likeness (QED) is 0.830. The highest BCUT2D eigenvalue weighted by Crippen LogP contribution is 2.30. The van der Waals surface area contributed by atoms with Crippen LogP contribution >= 0.6 is 0 Å². The van der Waals surface area contributed by atoms with Gasteiger partial charge in [0.1, 0.15) is 5.52 Å². The SMILES string of the molecule is c1ccc2oc(N3CCC4CNCC4C3)nc2c1.